The normalized spacial score (nSPS) is 14.7. The number of hydrogen-bond donors (Lipinski definition) is 4. The van der Waals surface area contributed by atoms with Gasteiger partial charge in [0.1, 0.15) is 0 Å². The van der Waals surface area contributed by atoms with Gasteiger partial charge >= 0.3 is 7.82 Å². The summed E-state index contributed by atoms with van der Waals surface area (Å²) in [6.45, 7) is 4.08. The van der Waals surface area contributed by atoms with Crippen LogP contribution in [0.15, 0.2) is 24.3 Å². The Hall–Kier alpha value is -1.02. The lowest BCUT2D eigenvalue weighted by Crippen LogP contribution is -2.45. The monoisotopic (exact) mass is 659 g/mol. The standard InChI is InChI=1S/C36H71N2O6P/c1-3-5-7-9-11-13-15-17-18-19-21-23-25-27-29-35(39)34(33-44-45(41,42)43-32-31-37)38-36(40)30-28-26-24-22-20-16-14-12-10-8-6-4-2/h12,14,27,29,34-35,39H,3-11,13,15-26,28,30-33,37H2,1-2H3,(H,38,40)(H,41,42)/b14-12-,29-27+. The first-order chi connectivity index (χ1) is 21.9. The number of phosphoric ester groups is 1. The van der Waals surface area contributed by atoms with E-state index in [0.717, 1.165) is 51.4 Å². The molecule has 0 saturated heterocycles. The van der Waals surface area contributed by atoms with Crippen molar-refractivity contribution in [2.24, 2.45) is 5.73 Å². The molecule has 1 amide bonds. The van der Waals surface area contributed by atoms with Crippen molar-refractivity contribution in [3.8, 4) is 0 Å². The van der Waals surface area contributed by atoms with E-state index in [9.17, 15) is 19.4 Å². The van der Waals surface area contributed by atoms with E-state index in [4.69, 9.17) is 14.8 Å². The number of nitrogens with two attached hydrogens (primary N) is 1. The fourth-order valence-electron chi connectivity index (χ4n) is 5.18. The number of allylic oxidation sites excluding steroid dienone is 3. The van der Waals surface area contributed by atoms with Gasteiger partial charge in [-0.1, -0.05) is 141 Å². The van der Waals surface area contributed by atoms with Gasteiger partial charge in [-0.05, 0) is 44.9 Å². The molecule has 0 heterocycles. The molecule has 0 fully saturated rings. The van der Waals surface area contributed by atoms with Gasteiger partial charge in [0, 0.05) is 13.0 Å². The van der Waals surface area contributed by atoms with Crippen LogP contribution in [0, 0.1) is 0 Å². The molecule has 9 heteroatoms. The highest BCUT2D eigenvalue weighted by atomic mass is 31.2. The highest BCUT2D eigenvalue weighted by molar-refractivity contribution is 7.47. The molecule has 0 aliphatic carbocycles. The quantitative estimate of drug-likeness (QED) is 0.0308. The Balaban J connectivity index is 4.36. The average Bonchev–Trinajstić information content (AvgIpc) is 3.02. The number of unbranched alkanes of at least 4 members (excludes halogenated alkanes) is 20. The fraction of sp³-hybridized carbons (Fsp3) is 0.861. The summed E-state index contributed by atoms with van der Waals surface area (Å²) in [5.41, 5.74) is 5.35. The summed E-state index contributed by atoms with van der Waals surface area (Å²) in [5.74, 6) is -0.206. The van der Waals surface area contributed by atoms with E-state index in [-0.39, 0.29) is 25.7 Å². The topological polar surface area (TPSA) is 131 Å². The number of carbonyl (C=O) groups is 1. The minimum absolute atomic E-state index is 0.0777. The molecule has 0 rings (SSSR count). The van der Waals surface area contributed by atoms with Gasteiger partial charge in [-0.15, -0.1) is 0 Å². The van der Waals surface area contributed by atoms with Gasteiger partial charge in [-0.3, -0.25) is 13.8 Å². The van der Waals surface area contributed by atoms with Crippen LogP contribution in [0.1, 0.15) is 168 Å². The maximum Gasteiger partial charge on any atom is 0.472 e. The van der Waals surface area contributed by atoms with Gasteiger partial charge in [-0.2, -0.15) is 0 Å². The lowest BCUT2D eigenvalue weighted by Gasteiger charge is -2.23. The van der Waals surface area contributed by atoms with Gasteiger partial charge in [0.15, 0.2) is 0 Å². The van der Waals surface area contributed by atoms with Crippen LogP contribution < -0.4 is 11.1 Å². The van der Waals surface area contributed by atoms with E-state index in [1.807, 2.05) is 6.08 Å². The third-order valence-electron chi connectivity index (χ3n) is 8.02. The zero-order valence-corrected chi connectivity index (χ0v) is 30.0. The molecule has 0 bridgehead atoms. The molecule has 5 N–H and O–H groups in total. The molecule has 266 valence electrons. The highest BCUT2D eigenvalue weighted by Crippen LogP contribution is 2.43. The molecule has 0 aromatic rings. The van der Waals surface area contributed by atoms with Crippen molar-refractivity contribution >= 4 is 13.7 Å². The number of hydrogen-bond acceptors (Lipinski definition) is 6. The molecular formula is C36H71N2O6P. The number of carbonyl (C=O) groups excluding carboxylic acids is 1. The van der Waals surface area contributed by atoms with Gasteiger partial charge in [0.2, 0.25) is 5.91 Å². The lowest BCUT2D eigenvalue weighted by atomic mass is 10.0. The van der Waals surface area contributed by atoms with Crippen molar-refractivity contribution in [1.82, 2.24) is 5.32 Å². The molecule has 0 radical (unpaired) electrons. The summed E-state index contributed by atoms with van der Waals surface area (Å²) in [4.78, 5) is 22.5. The molecule has 0 aromatic carbocycles. The van der Waals surface area contributed by atoms with E-state index in [2.05, 4.69) is 31.3 Å². The van der Waals surface area contributed by atoms with Crippen molar-refractivity contribution in [2.75, 3.05) is 19.8 Å². The number of rotatable bonds is 34. The number of aliphatic hydroxyl groups excluding tert-OH is 1. The first kappa shape index (κ1) is 44.0. The second kappa shape index (κ2) is 32.9. The zero-order chi connectivity index (χ0) is 33.3. The Morgan fingerprint density at radius 1 is 0.711 bits per heavy atom. The Kier molecular flexibility index (Phi) is 32.2. The maximum absolute atomic E-state index is 12.6. The van der Waals surface area contributed by atoms with Gasteiger partial charge in [0.05, 0.1) is 25.4 Å². The van der Waals surface area contributed by atoms with Gasteiger partial charge in [0.25, 0.3) is 0 Å². The molecule has 45 heavy (non-hydrogen) atoms. The summed E-state index contributed by atoms with van der Waals surface area (Å²) in [6, 6.07) is -0.859. The minimum Gasteiger partial charge on any atom is -0.387 e. The first-order valence-electron chi connectivity index (χ1n) is 18.5. The molecule has 0 spiro atoms. The van der Waals surface area contributed by atoms with Gasteiger partial charge < -0.3 is 21.1 Å². The fourth-order valence-corrected chi connectivity index (χ4v) is 5.94. The molecule has 0 aliphatic heterocycles. The minimum atomic E-state index is -4.33. The van der Waals surface area contributed by atoms with Crippen LogP contribution in [0.4, 0.5) is 0 Å². The van der Waals surface area contributed by atoms with Crippen molar-refractivity contribution in [3.05, 3.63) is 24.3 Å². The van der Waals surface area contributed by atoms with E-state index >= 15 is 0 Å². The van der Waals surface area contributed by atoms with Crippen LogP contribution in [0.5, 0.6) is 0 Å². The summed E-state index contributed by atoms with van der Waals surface area (Å²) >= 11 is 0. The summed E-state index contributed by atoms with van der Waals surface area (Å²) in [5, 5.41) is 13.6. The zero-order valence-electron chi connectivity index (χ0n) is 29.1. The van der Waals surface area contributed by atoms with Crippen LogP contribution in [-0.4, -0.2) is 47.8 Å². The lowest BCUT2D eigenvalue weighted by molar-refractivity contribution is -0.123. The van der Waals surface area contributed by atoms with Crippen LogP contribution in [0.3, 0.4) is 0 Å². The van der Waals surface area contributed by atoms with E-state index in [0.29, 0.717) is 6.42 Å². The van der Waals surface area contributed by atoms with Gasteiger partial charge in [-0.25, -0.2) is 4.57 Å². The number of amides is 1. The van der Waals surface area contributed by atoms with E-state index < -0.39 is 20.0 Å². The molecule has 0 saturated carbocycles. The van der Waals surface area contributed by atoms with Crippen molar-refractivity contribution in [3.63, 3.8) is 0 Å². The van der Waals surface area contributed by atoms with E-state index in [1.165, 1.54) is 96.3 Å². The van der Waals surface area contributed by atoms with Crippen molar-refractivity contribution < 1.29 is 28.4 Å². The maximum atomic E-state index is 12.6. The molecule has 8 nitrogen and oxygen atoms in total. The highest BCUT2D eigenvalue weighted by Gasteiger charge is 2.26. The smallest absolute Gasteiger partial charge is 0.387 e. The molecule has 0 aliphatic rings. The largest absolute Gasteiger partial charge is 0.472 e. The Bertz CT molecular complexity index is 764. The number of phosphoric acid groups is 1. The van der Waals surface area contributed by atoms with Crippen molar-refractivity contribution in [2.45, 2.75) is 180 Å². The molecule has 0 aromatic heterocycles. The summed E-state index contributed by atoms with van der Waals surface area (Å²) in [7, 11) is -4.33. The second-order valence-corrected chi connectivity index (χ2v) is 13.9. The Labute approximate surface area is 277 Å². The molecular weight excluding hydrogens is 587 g/mol. The average molecular weight is 659 g/mol. The SMILES string of the molecule is CCCCC/C=C\CCCCCCCC(=O)NC(COP(=O)(O)OCCN)C(O)/C=C/CCCCCCCCCCCCCC. The third-order valence-corrected chi connectivity index (χ3v) is 9.01. The molecule has 3 atom stereocenters. The van der Waals surface area contributed by atoms with Crippen LogP contribution >= 0.6 is 7.82 Å². The summed E-state index contributed by atoms with van der Waals surface area (Å²) in [6.07, 6.45) is 35.0. The Morgan fingerprint density at radius 2 is 1.16 bits per heavy atom. The van der Waals surface area contributed by atoms with Crippen LogP contribution in [0.25, 0.3) is 0 Å². The second-order valence-electron chi connectivity index (χ2n) is 12.4. The third kappa shape index (κ3) is 31.4. The van der Waals surface area contributed by atoms with Crippen molar-refractivity contribution in [1.29, 1.82) is 0 Å². The summed E-state index contributed by atoms with van der Waals surface area (Å²) < 4.78 is 22.0. The predicted octanol–water partition coefficient (Wildman–Crippen LogP) is 9.44. The number of aliphatic hydroxyl groups is 1. The number of nitrogens with one attached hydrogen (secondary N) is 1. The Morgan fingerprint density at radius 3 is 1.69 bits per heavy atom. The molecule has 3 unspecified atom stereocenters. The van der Waals surface area contributed by atoms with Crippen LogP contribution in [0.2, 0.25) is 0 Å². The predicted molar refractivity (Wildman–Crippen MR) is 189 cm³/mol. The first-order valence-corrected chi connectivity index (χ1v) is 20.0. The van der Waals surface area contributed by atoms with E-state index in [1.54, 1.807) is 6.08 Å². The van der Waals surface area contributed by atoms with Crippen LogP contribution in [-0.2, 0) is 18.4 Å².